The maximum Gasteiger partial charge on any atom is 0.274 e. The van der Waals surface area contributed by atoms with Crippen molar-refractivity contribution in [3.05, 3.63) is 59.4 Å². The molecular formula is C16H16N4O. The van der Waals surface area contributed by atoms with Crippen LogP contribution in [0.2, 0.25) is 0 Å². The molecule has 1 aromatic heterocycles. The van der Waals surface area contributed by atoms with E-state index in [0.29, 0.717) is 5.56 Å². The van der Waals surface area contributed by atoms with E-state index in [0.717, 1.165) is 24.3 Å². The summed E-state index contributed by atoms with van der Waals surface area (Å²) in [4.78, 5) is 16.0. The fourth-order valence-electron chi connectivity index (χ4n) is 1.82. The Morgan fingerprint density at radius 1 is 1.33 bits per heavy atom. The molecule has 2 N–H and O–H groups in total. The van der Waals surface area contributed by atoms with Crippen LogP contribution in [0.5, 0.6) is 0 Å². The van der Waals surface area contributed by atoms with Crippen LogP contribution in [0.4, 0.5) is 5.69 Å². The highest BCUT2D eigenvalue weighted by Gasteiger charge is 2.07. The number of rotatable bonds is 5. The third kappa shape index (κ3) is 4.13. The van der Waals surface area contributed by atoms with E-state index in [1.807, 2.05) is 37.3 Å². The summed E-state index contributed by atoms with van der Waals surface area (Å²) in [5.74, 6) is -0.292. The minimum atomic E-state index is -0.292. The van der Waals surface area contributed by atoms with Gasteiger partial charge in [0.05, 0.1) is 5.56 Å². The van der Waals surface area contributed by atoms with Gasteiger partial charge < -0.3 is 10.6 Å². The van der Waals surface area contributed by atoms with Gasteiger partial charge in [0.2, 0.25) is 0 Å². The number of amides is 1. The first-order chi connectivity index (χ1) is 10.2. The first-order valence-corrected chi connectivity index (χ1v) is 6.70. The molecule has 1 heterocycles. The van der Waals surface area contributed by atoms with E-state index in [1.165, 1.54) is 12.3 Å². The fourth-order valence-corrected chi connectivity index (χ4v) is 1.82. The number of aromatic nitrogens is 1. The molecule has 0 aliphatic heterocycles. The third-order valence-electron chi connectivity index (χ3n) is 2.89. The number of carbonyl (C=O) groups excluding carboxylic acids is 1. The van der Waals surface area contributed by atoms with E-state index in [1.54, 1.807) is 6.07 Å². The van der Waals surface area contributed by atoms with Crippen molar-refractivity contribution in [2.45, 2.75) is 13.5 Å². The summed E-state index contributed by atoms with van der Waals surface area (Å²) in [6.07, 6.45) is 1.39. The molecule has 106 valence electrons. The first-order valence-electron chi connectivity index (χ1n) is 6.70. The van der Waals surface area contributed by atoms with E-state index < -0.39 is 0 Å². The van der Waals surface area contributed by atoms with Crippen LogP contribution >= 0.6 is 0 Å². The van der Waals surface area contributed by atoms with Crippen molar-refractivity contribution in [2.24, 2.45) is 0 Å². The van der Waals surface area contributed by atoms with Crippen molar-refractivity contribution in [1.82, 2.24) is 10.3 Å². The maximum atomic E-state index is 12.1. The highest BCUT2D eigenvalue weighted by molar-refractivity contribution is 6.02. The molecule has 0 fully saturated rings. The van der Waals surface area contributed by atoms with Crippen LogP contribution in [0.15, 0.2) is 42.6 Å². The monoisotopic (exact) mass is 280 g/mol. The molecule has 0 aliphatic rings. The lowest BCUT2D eigenvalue weighted by atomic mass is 10.2. The van der Waals surface area contributed by atoms with E-state index >= 15 is 0 Å². The standard InChI is InChI=1S/C16H16N4O/c1-2-18-10-12-4-3-5-14(8-12)20-16(21)15-7-6-13(9-17)11-19-15/h3-8,11,18H,2,10H2,1H3,(H,20,21). The number of hydrogen-bond acceptors (Lipinski definition) is 4. The smallest absolute Gasteiger partial charge is 0.274 e. The van der Waals surface area contributed by atoms with Gasteiger partial charge in [0.15, 0.2) is 0 Å². The molecule has 21 heavy (non-hydrogen) atoms. The molecule has 0 spiro atoms. The number of benzene rings is 1. The van der Waals surface area contributed by atoms with Gasteiger partial charge in [-0.1, -0.05) is 19.1 Å². The zero-order valence-electron chi connectivity index (χ0n) is 11.8. The van der Waals surface area contributed by atoms with Crippen molar-refractivity contribution < 1.29 is 4.79 Å². The van der Waals surface area contributed by atoms with Gasteiger partial charge in [-0.05, 0) is 36.4 Å². The van der Waals surface area contributed by atoms with Crippen molar-refractivity contribution in [3.8, 4) is 6.07 Å². The molecule has 0 bridgehead atoms. The van der Waals surface area contributed by atoms with Crippen molar-refractivity contribution >= 4 is 11.6 Å². The van der Waals surface area contributed by atoms with Gasteiger partial charge in [-0.25, -0.2) is 4.98 Å². The molecule has 1 aromatic carbocycles. The third-order valence-corrected chi connectivity index (χ3v) is 2.89. The summed E-state index contributed by atoms with van der Waals surface area (Å²) < 4.78 is 0. The number of carbonyl (C=O) groups is 1. The summed E-state index contributed by atoms with van der Waals surface area (Å²) >= 11 is 0. The Balaban J connectivity index is 2.06. The van der Waals surface area contributed by atoms with Crippen LogP contribution in [0.3, 0.4) is 0 Å². The number of nitrogens with one attached hydrogen (secondary N) is 2. The van der Waals surface area contributed by atoms with Crippen LogP contribution in [0, 0.1) is 11.3 Å². The van der Waals surface area contributed by atoms with Crippen LogP contribution in [-0.2, 0) is 6.54 Å². The molecule has 0 unspecified atom stereocenters. The zero-order chi connectivity index (χ0) is 15.1. The van der Waals surface area contributed by atoms with Gasteiger partial charge in [-0.2, -0.15) is 5.26 Å². The summed E-state index contributed by atoms with van der Waals surface area (Å²) in [5.41, 5.74) is 2.54. The van der Waals surface area contributed by atoms with Gasteiger partial charge in [0.1, 0.15) is 11.8 Å². The number of hydrogen-bond donors (Lipinski definition) is 2. The summed E-state index contributed by atoms with van der Waals surface area (Å²) in [7, 11) is 0. The lowest BCUT2D eigenvalue weighted by Gasteiger charge is -2.07. The highest BCUT2D eigenvalue weighted by Crippen LogP contribution is 2.12. The van der Waals surface area contributed by atoms with Crippen molar-refractivity contribution in [1.29, 1.82) is 5.26 Å². The Labute approximate surface area is 123 Å². The SMILES string of the molecule is CCNCc1cccc(NC(=O)c2ccc(C#N)cn2)c1. The predicted octanol–water partition coefficient (Wildman–Crippen LogP) is 2.32. The van der Waals surface area contributed by atoms with E-state index in [2.05, 4.69) is 15.6 Å². The molecule has 0 atom stereocenters. The summed E-state index contributed by atoms with van der Waals surface area (Å²) in [6, 6.07) is 12.7. The second kappa shape index (κ2) is 7.17. The average molecular weight is 280 g/mol. The topological polar surface area (TPSA) is 77.8 Å². The Hall–Kier alpha value is -2.71. The average Bonchev–Trinajstić information content (AvgIpc) is 2.53. The van der Waals surface area contributed by atoms with Crippen molar-refractivity contribution in [2.75, 3.05) is 11.9 Å². The Morgan fingerprint density at radius 3 is 2.86 bits per heavy atom. The Bertz CT molecular complexity index is 659. The van der Waals surface area contributed by atoms with E-state index in [4.69, 9.17) is 5.26 Å². The molecule has 5 heteroatoms. The molecule has 2 aromatic rings. The van der Waals surface area contributed by atoms with Gasteiger partial charge in [-0.3, -0.25) is 4.79 Å². The highest BCUT2D eigenvalue weighted by atomic mass is 16.1. The fraction of sp³-hybridized carbons (Fsp3) is 0.188. The van der Waals surface area contributed by atoms with Gasteiger partial charge in [0.25, 0.3) is 5.91 Å². The molecule has 2 rings (SSSR count). The molecular weight excluding hydrogens is 264 g/mol. The quantitative estimate of drug-likeness (QED) is 0.881. The van der Waals surface area contributed by atoms with Gasteiger partial charge in [0, 0.05) is 18.4 Å². The number of nitrogens with zero attached hydrogens (tertiary/aromatic N) is 2. The molecule has 0 saturated carbocycles. The van der Waals surface area contributed by atoms with Crippen LogP contribution in [0.25, 0.3) is 0 Å². The molecule has 0 saturated heterocycles. The second-order valence-electron chi connectivity index (χ2n) is 4.48. The summed E-state index contributed by atoms with van der Waals surface area (Å²) in [6.45, 7) is 3.70. The van der Waals surface area contributed by atoms with Crippen LogP contribution in [-0.4, -0.2) is 17.4 Å². The van der Waals surface area contributed by atoms with Crippen LogP contribution < -0.4 is 10.6 Å². The number of pyridine rings is 1. The largest absolute Gasteiger partial charge is 0.321 e. The van der Waals surface area contributed by atoms with Crippen LogP contribution in [0.1, 0.15) is 28.5 Å². The molecule has 5 nitrogen and oxygen atoms in total. The lowest BCUT2D eigenvalue weighted by molar-refractivity contribution is 0.102. The minimum absolute atomic E-state index is 0.283. The molecule has 0 radical (unpaired) electrons. The van der Waals surface area contributed by atoms with Gasteiger partial charge in [-0.15, -0.1) is 0 Å². The molecule has 1 amide bonds. The zero-order valence-corrected chi connectivity index (χ0v) is 11.8. The normalized spacial score (nSPS) is 9.90. The van der Waals surface area contributed by atoms with Gasteiger partial charge >= 0.3 is 0 Å². The number of nitriles is 1. The minimum Gasteiger partial charge on any atom is -0.321 e. The lowest BCUT2D eigenvalue weighted by Crippen LogP contribution is -2.15. The Morgan fingerprint density at radius 2 is 2.19 bits per heavy atom. The van der Waals surface area contributed by atoms with E-state index in [-0.39, 0.29) is 11.6 Å². The first kappa shape index (κ1) is 14.7. The maximum absolute atomic E-state index is 12.1. The van der Waals surface area contributed by atoms with Crippen molar-refractivity contribution in [3.63, 3.8) is 0 Å². The second-order valence-corrected chi connectivity index (χ2v) is 4.48. The predicted molar refractivity (Wildman–Crippen MR) is 80.7 cm³/mol. The van der Waals surface area contributed by atoms with E-state index in [9.17, 15) is 4.79 Å². The summed E-state index contributed by atoms with van der Waals surface area (Å²) in [5, 5.41) is 14.7. The number of anilines is 1. The molecule has 0 aliphatic carbocycles. The Kier molecular flexibility index (Phi) is 5.02.